The number of imidazole rings is 1. The molecule has 0 aliphatic carbocycles. The summed E-state index contributed by atoms with van der Waals surface area (Å²) in [6, 6.07) is 10.8. The molecule has 8 heteroatoms. The van der Waals surface area contributed by atoms with Gasteiger partial charge in [0.05, 0.1) is 18.0 Å². The molecular formula is C19H18BrFN4OS. The summed E-state index contributed by atoms with van der Waals surface area (Å²) in [4.78, 5) is 9.12. The molecule has 0 unspecified atom stereocenters. The minimum Gasteiger partial charge on any atom is -0.494 e. The van der Waals surface area contributed by atoms with Crippen molar-refractivity contribution in [2.24, 2.45) is 0 Å². The average Bonchev–Trinajstić information content (AvgIpc) is 3.20. The molecule has 0 aliphatic rings. The van der Waals surface area contributed by atoms with E-state index in [4.69, 9.17) is 4.74 Å². The van der Waals surface area contributed by atoms with Gasteiger partial charge >= 0.3 is 0 Å². The third kappa shape index (κ3) is 3.96. The highest BCUT2D eigenvalue weighted by Crippen LogP contribution is 2.30. The molecule has 27 heavy (non-hydrogen) atoms. The zero-order chi connectivity index (χ0) is 18.1. The van der Waals surface area contributed by atoms with Crippen LogP contribution in [-0.2, 0) is 0 Å². The standard InChI is InChI=1S/C19H17FN4OS.BrH/c1-3-25-15-7-5-14(6-8-15)22-19-23-16(11-26-19)18-12(2)21-17-9-4-13(20)10-24(17)18;/h4-11H,3H2,1-2H3,(H,22,23);1H. The zero-order valence-electron chi connectivity index (χ0n) is 14.8. The number of hydrogen-bond donors (Lipinski definition) is 1. The molecule has 140 valence electrons. The quantitative estimate of drug-likeness (QED) is 0.430. The summed E-state index contributed by atoms with van der Waals surface area (Å²) in [5.74, 6) is 0.528. The van der Waals surface area contributed by atoms with Crippen LogP contribution in [0, 0.1) is 12.7 Å². The van der Waals surface area contributed by atoms with E-state index in [0.717, 1.165) is 33.7 Å². The van der Waals surface area contributed by atoms with E-state index in [2.05, 4.69) is 15.3 Å². The van der Waals surface area contributed by atoms with Crippen LogP contribution in [0.4, 0.5) is 15.2 Å². The second-order valence-corrected chi connectivity index (χ2v) is 6.60. The second-order valence-electron chi connectivity index (χ2n) is 5.74. The van der Waals surface area contributed by atoms with Crippen LogP contribution in [-0.4, -0.2) is 21.0 Å². The van der Waals surface area contributed by atoms with Crippen molar-refractivity contribution in [2.75, 3.05) is 11.9 Å². The number of anilines is 2. The summed E-state index contributed by atoms with van der Waals surface area (Å²) in [6.45, 7) is 4.50. The van der Waals surface area contributed by atoms with Crippen molar-refractivity contribution in [1.29, 1.82) is 0 Å². The van der Waals surface area contributed by atoms with E-state index < -0.39 is 0 Å². The molecule has 1 N–H and O–H groups in total. The van der Waals surface area contributed by atoms with Crippen molar-refractivity contribution in [3.8, 4) is 17.1 Å². The molecule has 0 fully saturated rings. The molecule has 5 nitrogen and oxygen atoms in total. The number of ether oxygens (including phenoxy) is 1. The van der Waals surface area contributed by atoms with Gasteiger partial charge in [0, 0.05) is 17.3 Å². The van der Waals surface area contributed by atoms with Crippen LogP contribution in [0.25, 0.3) is 17.0 Å². The van der Waals surface area contributed by atoms with E-state index >= 15 is 0 Å². The van der Waals surface area contributed by atoms with Gasteiger partial charge in [0.15, 0.2) is 5.13 Å². The lowest BCUT2D eigenvalue weighted by Gasteiger charge is -2.05. The minimum atomic E-state index is -0.306. The maximum absolute atomic E-state index is 13.6. The molecule has 3 aromatic heterocycles. The fraction of sp³-hybridized carbons (Fsp3) is 0.158. The number of benzene rings is 1. The summed E-state index contributed by atoms with van der Waals surface area (Å²) in [7, 11) is 0. The number of nitrogens with one attached hydrogen (secondary N) is 1. The highest BCUT2D eigenvalue weighted by molar-refractivity contribution is 8.93. The SMILES string of the molecule is Br.CCOc1ccc(Nc2nc(-c3c(C)nc4ccc(F)cn34)cs2)cc1. The minimum absolute atomic E-state index is 0. The number of thiazole rings is 1. The van der Waals surface area contributed by atoms with E-state index in [-0.39, 0.29) is 22.8 Å². The molecule has 4 rings (SSSR count). The van der Waals surface area contributed by atoms with Gasteiger partial charge < -0.3 is 10.1 Å². The van der Waals surface area contributed by atoms with Crippen LogP contribution < -0.4 is 10.1 Å². The van der Waals surface area contributed by atoms with Crippen molar-refractivity contribution in [3.63, 3.8) is 0 Å². The van der Waals surface area contributed by atoms with Crippen molar-refractivity contribution < 1.29 is 9.13 Å². The fourth-order valence-corrected chi connectivity index (χ4v) is 3.53. The zero-order valence-corrected chi connectivity index (χ0v) is 17.3. The Labute approximate surface area is 170 Å². The monoisotopic (exact) mass is 448 g/mol. The first kappa shape index (κ1) is 19.3. The Hall–Kier alpha value is -2.45. The Morgan fingerprint density at radius 1 is 1.15 bits per heavy atom. The van der Waals surface area contributed by atoms with E-state index in [1.165, 1.54) is 23.6 Å². The number of pyridine rings is 1. The molecule has 0 saturated heterocycles. The van der Waals surface area contributed by atoms with Crippen molar-refractivity contribution in [1.82, 2.24) is 14.4 Å². The van der Waals surface area contributed by atoms with Gasteiger partial charge in [-0.1, -0.05) is 0 Å². The van der Waals surface area contributed by atoms with E-state index in [1.807, 2.05) is 43.5 Å². The maximum Gasteiger partial charge on any atom is 0.187 e. The number of aromatic nitrogens is 3. The van der Waals surface area contributed by atoms with Gasteiger partial charge in [-0.2, -0.15) is 0 Å². The molecule has 1 aromatic carbocycles. The highest BCUT2D eigenvalue weighted by atomic mass is 79.9. The number of aryl methyl sites for hydroxylation is 1. The normalized spacial score (nSPS) is 10.6. The predicted octanol–water partition coefficient (Wildman–Crippen LogP) is 5.63. The van der Waals surface area contributed by atoms with E-state index in [1.54, 1.807) is 10.5 Å². The van der Waals surface area contributed by atoms with Crippen LogP contribution in [0.3, 0.4) is 0 Å². The lowest BCUT2D eigenvalue weighted by molar-refractivity contribution is 0.340. The largest absolute Gasteiger partial charge is 0.494 e. The van der Waals surface area contributed by atoms with Crippen LogP contribution in [0.15, 0.2) is 48.0 Å². The molecule has 0 amide bonds. The first-order valence-electron chi connectivity index (χ1n) is 8.24. The van der Waals surface area contributed by atoms with Crippen molar-refractivity contribution in [3.05, 3.63) is 59.5 Å². The number of rotatable bonds is 5. The summed E-state index contributed by atoms with van der Waals surface area (Å²) in [6.07, 6.45) is 1.43. The van der Waals surface area contributed by atoms with Gasteiger partial charge in [0.1, 0.15) is 22.9 Å². The van der Waals surface area contributed by atoms with Crippen LogP contribution in [0.5, 0.6) is 5.75 Å². The Morgan fingerprint density at radius 3 is 2.67 bits per heavy atom. The van der Waals surface area contributed by atoms with Gasteiger partial charge in [-0.15, -0.1) is 28.3 Å². The van der Waals surface area contributed by atoms with Gasteiger partial charge in [-0.3, -0.25) is 4.40 Å². The molecule has 0 radical (unpaired) electrons. The Kier molecular flexibility index (Phi) is 5.76. The Bertz CT molecular complexity index is 1060. The molecule has 0 saturated carbocycles. The summed E-state index contributed by atoms with van der Waals surface area (Å²) in [5.41, 5.74) is 4.01. The molecule has 0 aliphatic heterocycles. The second kappa shape index (κ2) is 8.06. The molecule has 3 heterocycles. The highest BCUT2D eigenvalue weighted by Gasteiger charge is 2.15. The Balaban J connectivity index is 0.00000210. The lowest BCUT2D eigenvalue weighted by Crippen LogP contribution is -1.94. The molecule has 0 bridgehead atoms. The number of halogens is 2. The van der Waals surface area contributed by atoms with E-state index in [9.17, 15) is 4.39 Å². The van der Waals surface area contributed by atoms with Crippen LogP contribution in [0.2, 0.25) is 0 Å². The molecule has 0 spiro atoms. The number of fused-ring (bicyclic) bond motifs is 1. The number of nitrogens with zero attached hydrogens (tertiary/aromatic N) is 3. The summed E-state index contributed by atoms with van der Waals surface area (Å²) in [5, 5.41) is 5.98. The van der Waals surface area contributed by atoms with Gasteiger partial charge in [-0.25, -0.2) is 14.4 Å². The Morgan fingerprint density at radius 2 is 1.93 bits per heavy atom. The first-order chi connectivity index (χ1) is 12.6. The van der Waals surface area contributed by atoms with Crippen LogP contribution >= 0.6 is 28.3 Å². The molecule has 0 atom stereocenters. The fourth-order valence-electron chi connectivity index (χ4n) is 2.81. The topological polar surface area (TPSA) is 51.5 Å². The number of hydrogen-bond acceptors (Lipinski definition) is 5. The van der Waals surface area contributed by atoms with Gasteiger partial charge in [0.25, 0.3) is 0 Å². The van der Waals surface area contributed by atoms with Crippen molar-refractivity contribution >= 4 is 44.8 Å². The average molecular weight is 449 g/mol. The summed E-state index contributed by atoms with van der Waals surface area (Å²) < 4.78 is 20.8. The predicted molar refractivity (Wildman–Crippen MR) is 112 cm³/mol. The van der Waals surface area contributed by atoms with Gasteiger partial charge in [0.2, 0.25) is 0 Å². The lowest BCUT2D eigenvalue weighted by atomic mass is 10.3. The summed E-state index contributed by atoms with van der Waals surface area (Å²) >= 11 is 1.49. The molecule has 4 aromatic rings. The maximum atomic E-state index is 13.6. The third-order valence-corrected chi connectivity index (χ3v) is 4.68. The van der Waals surface area contributed by atoms with Gasteiger partial charge in [-0.05, 0) is 50.2 Å². The third-order valence-electron chi connectivity index (χ3n) is 3.92. The molecular weight excluding hydrogens is 431 g/mol. The smallest absolute Gasteiger partial charge is 0.187 e. The van der Waals surface area contributed by atoms with Crippen LogP contribution in [0.1, 0.15) is 12.6 Å². The van der Waals surface area contributed by atoms with E-state index in [0.29, 0.717) is 12.3 Å². The first-order valence-corrected chi connectivity index (χ1v) is 9.12. The van der Waals surface area contributed by atoms with Crippen molar-refractivity contribution in [2.45, 2.75) is 13.8 Å².